The standard InChI is InChI=1S/C28H24N3.Pt/c1-30(2)18-11-13-20-21-14-12-19(31(3)4)17-26(21)28(25(20)16-18)23-9-6-5-8-22(23)27-24(28)10-7-15-29-27;/h5-7,9-17H,1-4H3;/q-1;. The molecule has 0 N–H and O–H groups in total. The van der Waals surface area contributed by atoms with Gasteiger partial charge in [-0.15, -0.1) is 35.4 Å². The average molecular weight is 598 g/mol. The quantitative estimate of drug-likeness (QED) is 0.251. The molecule has 6 rings (SSSR count). The van der Waals surface area contributed by atoms with Crippen LogP contribution in [0.25, 0.3) is 22.4 Å². The van der Waals surface area contributed by atoms with E-state index in [2.05, 4.69) is 105 Å². The van der Waals surface area contributed by atoms with Crippen LogP contribution in [0.3, 0.4) is 0 Å². The van der Waals surface area contributed by atoms with Crippen LogP contribution in [-0.2, 0) is 26.5 Å². The Morgan fingerprint density at radius 1 is 0.719 bits per heavy atom. The molecule has 1 aromatic heterocycles. The largest absolute Gasteiger partial charge is 0.378 e. The Morgan fingerprint density at radius 2 is 1.31 bits per heavy atom. The molecular formula is C28H24N3Pt-. The van der Waals surface area contributed by atoms with Gasteiger partial charge in [-0.1, -0.05) is 23.8 Å². The van der Waals surface area contributed by atoms with Crippen molar-refractivity contribution >= 4 is 11.4 Å². The predicted molar refractivity (Wildman–Crippen MR) is 128 cm³/mol. The maximum Gasteiger partial charge on any atom is 0.0364 e. The molecule has 1 heterocycles. The van der Waals surface area contributed by atoms with Gasteiger partial charge in [0.2, 0.25) is 0 Å². The zero-order valence-corrected chi connectivity index (χ0v) is 20.9. The van der Waals surface area contributed by atoms with Crippen molar-refractivity contribution in [2.75, 3.05) is 38.0 Å². The molecule has 0 amide bonds. The molecule has 2 aliphatic carbocycles. The number of pyridine rings is 1. The van der Waals surface area contributed by atoms with Gasteiger partial charge in [0.05, 0.1) is 0 Å². The molecule has 32 heavy (non-hydrogen) atoms. The second kappa shape index (κ2) is 7.32. The van der Waals surface area contributed by atoms with Crippen LogP contribution >= 0.6 is 0 Å². The predicted octanol–water partition coefficient (Wildman–Crippen LogP) is 5.35. The van der Waals surface area contributed by atoms with Crippen LogP contribution in [0.4, 0.5) is 11.4 Å². The van der Waals surface area contributed by atoms with Crippen LogP contribution in [0.1, 0.15) is 22.3 Å². The summed E-state index contributed by atoms with van der Waals surface area (Å²) in [6, 6.07) is 27.9. The summed E-state index contributed by atoms with van der Waals surface area (Å²) in [5, 5.41) is 0. The molecule has 0 unspecified atom stereocenters. The van der Waals surface area contributed by atoms with Crippen molar-refractivity contribution in [3.63, 3.8) is 0 Å². The van der Waals surface area contributed by atoms with Crippen LogP contribution in [-0.4, -0.2) is 33.2 Å². The fourth-order valence-corrected chi connectivity index (χ4v) is 5.43. The van der Waals surface area contributed by atoms with Gasteiger partial charge in [-0.2, -0.15) is 0 Å². The summed E-state index contributed by atoms with van der Waals surface area (Å²) in [5.74, 6) is 0. The Hall–Kier alpha value is -2.90. The third-order valence-corrected chi connectivity index (χ3v) is 6.85. The molecule has 2 aliphatic rings. The van der Waals surface area contributed by atoms with E-state index in [1.54, 1.807) is 0 Å². The summed E-state index contributed by atoms with van der Waals surface area (Å²) in [5.41, 5.74) is 12.0. The Morgan fingerprint density at radius 3 is 1.91 bits per heavy atom. The second-order valence-electron chi connectivity index (χ2n) is 8.86. The first-order valence-electron chi connectivity index (χ1n) is 10.6. The van der Waals surface area contributed by atoms with Crippen LogP contribution < -0.4 is 9.80 Å². The molecule has 0 atom stereocenters. The zero-order valence-electron chi connectivity index (χ0n) is 18.6. The van der Waals surface area contributed by atoms with Gasteiger partial charge in [-0.25, -0.2) is 0 Å². The molecular weight excluding hydrogens is 573 g/mol. The van der Waals surface area contributed by atoms with Crippen LogP contribution in [0.2, 0.25) is 0 Å². The van der Waals surface area contributed by atoms with Gasteiger partial charge in [0, 0.05) is 72.2 Å². The van der Waals surface area contributed by atoms with E-state index in [4.69, 9.17) is 4.98 Å². The van der Waals surface area contributed by atoms with Gasteiger partial charge < -0.3 is 14.8 Å². The van der Waals surface area contributed by atoms with Gasteiger partial charge in [-0.3, -0.25) is 0 Å². The van der Waals surface area contributed by atoms with Crippen LogP contribution in [0, 0.1) is 6.07 Å². The molecule has 0 fully saturated rings. The van der Waals surface area contributed by atoms with Gasteiger partial charge >= 0.3 is 0 Å². The van der Waals surface area contributed by atoms with Gasteiger partial charge in [0.1, 0.15) is 0 Å². The first kappa shape index (κ1) is 21.0. The van der Waals surface area contributed by atoms with Crippen LogP contribution in [0.15, 0.2) is 72.9 Å². The molecule has 3 nitrogen and oxygen atoms in total. The molecule has 0 bridgehead atoms. The summed E-state index contributed by atoms with van der Waals surface area (Å²) in [7, 11) is 8.41. The zero-order chi connectivity index (χ0) is 21.3. The molecule has 0 saturated heterocycles. The fraction of sp³-hybridized carbons (Fsp3) is 0.179. The van der Waals surface area contributed by atoms with Crippen molar-refractivity contribution in [1.82, 2.24) is 4.98 Å². The van der Waals surface area contributed by atoms with Gasteiger partial charge in [0.25, 0.3) is 0 Å². The van der Waals surface area contributed by atoms with E-state index >= 15 is 0 Å². The summed E-state index contributed by atoms with van der Waals surface area (Å²) >= 11 is 0. The SMILES string of the molecule is CN(C)c1ccc2c(c1)C1(c3ccc[c-]c3-c3ncccc31)c1cc(N(C)C)ccc1-2.[Pt]. The first-order valence-corrected chi connectivity index (χ1v) is 10.6. The molecule has 0 radical (unpaired) electrons. The number of aromatic nitrogens is 1. The minimum absolute atomic E-state index is 0. The van der Waals surface area contributed by atoms with Crippen molar-refractivity contribution in [2.45, 2.75) is 5.41 Å². The van der Waals surface area contributed by atoms with Crippen molar-refractivity contribution in [3.05, 3.63) is 101 Å². The van der Waals surface area contributed by atoms with Gasteiger partial charge in [0.15, 0.2) is 0 Å². The van der Waals surface area contributed by atoms with E-state index in [1.807, 2.05) is 12.3 Å². The third kappa shape index (κ3) is 2.55. The van der Waals surface area contributed by atoms with Crippen molar-refractivity contribution in [2.24, 2.45) is 0 Å². The summed E-state index contributed by atoms with van der Waals surface area (Å²) < 4.78 is 0. The number of rotatable bonds is 2. The van der Waals surface area contributed by atoms with Crippen molar-refractivity contribution < 1.29 is 21.1 Å². The molecule has 0 saturated carbocycles. The maximum absolute atomic E-state index is 4.83. The Kier molecular flexibility index (Phi) is 4.80. The normalized spacial score (nSPS) is 13.6. The monoisotopic (exact) mass is 597 g/mol. The average Bonchev–Trinajstić information content (AvgIpc) is 3.25. The van der Waals surface area contributed by atoms with Crippen molar-refractivity contribution in [3.8, 4) is 22.4 Å². The van der Waals surface area contributed by atoms with E-state index in [-0.39, 0.29) is 26.5 Å². The molecule has 3 aromatic carbocycles. The maximum atomic E-state index is 4.83. The minimum atomic E-state index is -0.376. The third-order valence-electron chi connectivity index (χ3n) is 6.85. The van der Waals surface area contributed by atoms with Gasteiger partial charge in [-0.05, 0) is 58.3 Å². The number of fused-ring (bicyclic) bond motifs is 10. The Bertz CT molecular complexity index is 1250. The summed E-state index contributed by atoms with van der Waals surface area (Å²) in [4.78, 5) is 9.19. The van der Waals surface area contributed by atoms with Crippen molar-refractivity contribution in [1.29, 1.82) is 0 Å². The Labute approximate surface area is 204 Å². The van der Waals surface area contributed by atoms with E-state index < -0.39 is 0 Å². The summed E-state index contributed by atoms with van der Waals surface area (Å²) in [6.45, 7) is 0. The molecule has 4 aromatic rings. The molecule has 0 aliphatic heterocycles. The topological polar surface area (TPSA) is 19.4 Å². The molecule has 162 valence electrons. The first-order chi connectivity index (χ1) is 15.0. The number of anilines is 2. The number of benzene rings is 3. The number of hydrogen-bond acceptors (Lipinski definition) is 3. The Balaban J connectivity index is 0.00000216. The second-order valence-corrected chi connectivity index (χ2v) is 8.86. The fourth-order valence-electron chi connectivity index (χ4n) is 5.43. The summed E-state index contributed by atoms with van der Waals surface area (Å²) in [6.07, 6.45) is 1.89. The number of hydrogen-bond donors (Lipinski definition) is 0. The smallest absolute Gasteiger partial charge is 0.0364 e. The molecule has 1 spiro atoms. The van der Waals surface area contributed by atoms with Crippen LogP contribution in [0.5, 0.6) is 0 Å². The molecule has 4 heteroatoms. The van der Waals surface area contributed by atoms with E-state index in [0.717, 1.165) is 11.3 Å². The number of nitrogens with zero attached hydrogens (tertiary/aromatic N) is 3. The van der Waals surface area contributed by atoms with E-state index in [1.165, 1.54) is 44.8 Å². The minimum Gasteiger partial charge on any atom is -0.378 e. The van der Waals surface area contributed by atoms with E-state index in [9.17, 15) is 0 Å². The van der Waals surface area contributed by atoms with E-state index in [0.29, 0.717) is 0 Å².